The van der Waals surface area contributed by atoms with Crippen LogP contribution in [0.1, 0.15) is 11.7 Å². The SMILES string of the molecule is COC(=O)C1Oc2ccccc2C1O. The van der Waals surface area contributed by atoms with Gasteiger partial charge in [0, 0.05) is 5.56 Å². The second-order valence-corrected chi connectivity index (χ2v) is 3.04. The van der Waals surface area contributed by atoms with Gasteiger partial charge in [-0.1, -0.05) is 18.2 Å². The monoisotopic (exact) mass is 194 g/mol. The van der Waals surface area contributed by atoms with Crippen LogP contribution in [0.5, 0.6) is 5.75 Å². The van der Waals surface area contributed by atoms with Crippen LogP contribution in [-0.4, -0.2) is 24.3 Å². The number of benzene rings is 1. The van der Waals surface area contributed by atoms with Gasteiger partial charge in [0.25, 0.3) is 0 Å². The Morgan fingerprint density at radius 3 is 2.86 bits per heavy atom. The van der Waals surface area contributed by atoms with Crippen molar-refractivity contribution in [3.63, 3.8) is 0 Å². The quantitative estimate of drug-likeness (QED) is 0.667. The minimum absolute atomic E-state index is 0.537. The number of fused-ring (bicyclic) bond motifs is 1. The smallest absolute Gasteiger partial charge is 0.350 e. The molecule has 0 fully saturated rings. The molecule has 2 rings (SSSR count). The molecule has 0 bridgehead atoms. The van der Waals surface area contributed by atoms with Crippen molar-refractivity contribution in [2.24, 2.45) is 0 Å². The van der Waals surface area contributed by atoms with Crippen LogP contribution < -0.4 is 4.74 Å². The Morgan fingerprint density at radius 2 is 2.21 bits per heavy atom. The summed E-state index contributed by atoms with van der Waals surface area (Å²) < 4.78 is 9.76. The third kappa shape index (κ3) is 1.24. The number of rotatable bonds is 1. The van der Waals surface area contributed by atoms with Crippen molar-refractivity contribution in [1.29, 1.82) is 0 Å². The maximum atomic E-state index is 11.2. The molecule has 2 unspecified atom stereocenters. The zero-order chi connectivity index (χ0) is 10.1. The van der Waals surface area contributed by atoms with Gasteiger partial charge in [0.15, 0.2) is 0 Å². The van der Waals surface area contributed by atoms with Crippen molar-refractivity contribution in [1.82, 2.24) is 0 Å². The summed E-state index contributed by atoms with van der Waals surface area (Å²) in [5, 5.41) is 9.72. The summed E-state index contributed by atoms with van der Waals surface area (Å²) >= 11 is 0. The summed E-state index contributed by atoms with van der Waals surface area (Å²) in [7, 11) is 1.27. The maximum absolute atomic E-state index is 11.2. The highest BCUT2D eigenvalue weighted by Gasteiger charge is 2.38. The van der Waals surface area contributed by atoms with Gasteiger partial charge in [-0.2, -0.15) is 0 Å². The molecule has 1 aromatic carbocycles. The highest BCUT2D eigenvalue weighted by molar-refractivity contribution is 5.77. The number of ether oxygens (including phenoxy) is 2. The molecule has 0 aliphatic carbocycles. The van der Waals surface area contributed by atoms with E-state index in [9.17, 15) is 9.90 Å². The van der Waals surface area contributed by atoms with Gasteiger partial charge in [0.2, 0.25) is 6.10 Å². The first-order valence-electron chi connectivity index (χ1n) is 4.25. The van der Waals surface area contributed by atoms with Gasteiger partial charge in [-0.05, 0) is 6.07 Å². The van der Waals surface area contributed by atoms with E-state index in [1.165, 1.54) is 7.11 Å². The number of para-hydroxylation sites is 1. The van der Waals surface area contributed by atoms with Crippen molar-refractivity contribution in [3.05, 3.63) is 29.8 Å². The largest absolute Gasteiger partial charge is 0.475 e. The first-order chi connectivity index (χ1) is 6.74. The van der Waals surface area contributed by atoms with Crippen LogP contribution in [0.3, 0.4) is 0 Å². The van der Waals surface area contributed by atoms with E-state index >= 15 is 0 Å². The molecule has 0 radical (unpaired) electrons. The van der Waals surface area contributed by atoms with Crippen LogP contribution in [0.25, 0.3) is 0 Å². The van der Waals surface area contributed by atoms with Gasteiger partial charge in [-0.25, -0.2) is 4.79 Å². The third-order valence-corrected chi connectivity index (χ3v) is 2.21. The van der Waals surface area contributed by atoms with E-state index in [4.69, 9.17) is 4.74 Å². The molecule has 0 saturated carbocycles. The van der Waals surface area contributed by atoms with Crippen molar-refractivity contribution in [2.75, 3.05) is 7.11 Å². The average molecular weight is 194 g/mol. The molecule has 0 amide bonds. The second kappa shape index (κ2) is 3.31. The normalized spacial score (nSPS) is 23.9. The van der Waals surface area contributed by atoms with Crippen molar-refractivity contribution in [2.45, 2.75) is 12.2 Å². The first-order valence-corrected chi connectivity index (χ1v) is 4.25. The molecule has 0 saturated heterocycles. The lowest BCUT2D eigenvalue weighted by atomic mass is 10.1. The summed E-state index contributed by atoms with van der Waals surface area (Å²) in [6.07, 6.45) is -1.86. The molecule has 14 heavy (non-hydrogen) atoms. The minimum atomic E-state index is -0.933. The summed E-state index contributed by atoms with van der Waals surface area (Å²) in [5.41, 5.74) is 0.628. The van der Waals surface area contributed by atoms with Crippen molar-refractivity contribution in [3.8, 4) is 5.75 Å². The first kappa shape index (κ1) is 9.02. The molecule has 4 heteroatoms. The Labute approximate surface area is 81.1 Å². The predicted octanol–water partition coefficient (Wildman–Crippen LogP) is 0.654. The lowest BCUT2D eigenvalue weighted by Gasteiger charge is -2.10. The summed E-state index contributed by atoms with van der Waals surface area (Å²) in [4.78, 5) is 11.2. The fraction of sp³-hybridized carbons (Fsp3) is 0.300. The zero-order valence-corrected chi connectivity index (χ0v) is 7.64. The number of esters is 1. The number of carbonyl (C=O) groups is 1. The molecule has 1 N–H and O–H groups in total. The number of methoxy groups -OCH3 is 1. The molecule has 2 atom stereocenters. The fourth-order valence-electron chi connectivity index (χ4n) is 1.49. The number of aliphatic hydroxyl groups is 1. The summed E-state index contributed by atoms with van der Waals surface area (Å²) in [5.74, 6) is -0.0240. The highest BCUT2D eigenvalue weighted by Crippen LogP contribution is 2.36. The van der Waals surface area contributed by atoms with Gasteiger partial charge < -0.3 is 14.6 Å². The van der Waals surface area contributed by atoms with Crippen LogP contribution in [-0.2, 0) is 9.53 Å². The van der Waals surface area contributed by atoms with Gasteiger partial charge in [-0.15, -0.1) is 0 Å². The van der Waals surface area contributed by atoms with E-state index in [2.05, 4.69) is 4.74 Å². The van der Waals surface area contributed by atoms with Crippen LogP contribution >= 0.6 is 0 Å². The lowest BCUT2D eigenvalue weighted by Crippen LogP contribution is -2.30. The Morgan fingerprint density at radius 1 is 1.50 bits per heavy atom. The Bertz CT molecular complexity index is 361. The van der Waals surface area contributed by atoms with Crippen molar-refractivity contribution >= 4 is 5.97 Å². The van der Waals surface area contributed by atoms with E-state index in [0.29, 0.717) is 11.3 Å². The summed E-state index contributed by atoms with van der Waals surface area (Å²) in [6.45, 7) is 0. The van der Waals surface area contributed by atoms with E-state index in [1.54, 1.807) is 24.3 Å². The molecular formula is C10H10O4. The predicted molar refractivity (Wildman–Crippen MR) is 47.8 cm³/mol. The maximum Gasteiger partial charge on any atom is 0.350 e. The number of hydrogen-bond donors (Lipinski definition) is 1. The second-order valence-electron chi connectivity index (χ2n) is 3.04. The molecule has 0 spiro atoms. The topological polar surface area (TPSA) is 55.8 Å². The molecule has 1 aliphatic heterocycles. The van der Waals surface area contributed by atoms with Crippen molar-refractivity contribution < 1.29 is 19.4 Å². The highest BCUT2D eigenvalue weighted by atomic mass is 16.6. The summed E-state index contributed by atoms with van der Waals surface area (Å²) in [6, 6.07) is 7.00. The zero-order valence-electron chi connectivity index (χ0n) is 7.64. The standard InChI is InChI=1S/C10H10O4/c1-13-10(12)9-8(11)6-4-2-3-5-7(6)14-9/h2-5,8-9,11H,1H3. The van der Waals surface area contributed by atoms with Gasteiger partial charge in [0.1, 0.15) is 11.9 Å². The molecule has 1 aromatic rings. The fourth-order valence-corrected chi connectivity index (χ4v) is 1.49. The molecule has 1 aliphatic rings. The van der Waals surface area contributed by atoms with E-state index < -0.39 is 18.2 Å². The van der Waals surface area contributed by atoms with Crippen LogP contribution in [0.15, 0.2) is 24.3 Å². The van der Waals surface area contributed by atoms with E-state index in [-0.39, 0.29) is 0 Å². The van der Waals surface area contributed by atoms with Gasteiger partial charge in [-0.3, -0.25) is 0 Å². The van der Waals surface area contributed by atoms with E-state index in [0.717, 1.165) is 0 Å². The third-order valence-electron chi connectivity index (χ3n) is 2.21. The van der Waals surface area contributed by atoms with Gasteiger partial charge in [0.05, 0.1) is 7.11 Å². The number of carbonyl (C=O) groups excluding carboxylic acids is 1. The minimum Gasteiger partial charge on any atom is -0.475 e. The Hall–Kier alpha value is -1.55. The molecule has 4 nitrogen and oxygen atoms in total. The Balaban J connectivity index is 2.30. The van der Waals surface area contributed by atoms with Crippen LogP contribution in [0.4, 0.5) is 0 Å². The van der Waals surface area contributed by atoms with Crippen LogP contribution in [0, 0.1) is 0 Å². The van der Waals surface area contributed by atoms with Crippen LogP contribution in [0.2, 0.25) is 0 Å². The number of hydrogen-bond acceptors (Lipinski definition) is 4. The number of aliphatic hydroxyl groups excluding tert-OH is 1. The van der Waals surface area contributed by atoms with E-state index in [1.807, 2.05) is 0 Å². The molecule has 1 heterocycles. The molecular weight excluding hydrogens is 184 g/mol. The molecule has 74 valence electrons. The Kier molecular flexibility index (Phi) is 2.13. The molecule has 0 aromatic heterocycles. The lowest BCUT2D eigenvalue weighted by molar-refractivity contribution is -0.152. The average Bonchev–Trinajstić information content (AvgIpc) is 2.56. The van der Waals surface area contributed by atoms with Gasteiger partial charge >= 0.3 is 5.97 Å².